The summed E-state index contributed by atoms with van der Waals surface area (Å²) in [6, 6.07) is 3.84. The van der Waals surface area contributed by atoms with Crippen LogP contribution in [0.15, 0.2) is 27.8 Å². The zero-order valence-electron chi connectivity index (χ0n) is 16.8. The highest BCUT2D eigenvalue weighted by Crippen LogP contribution is 2.19. The molecule has 1 aromatic heterocycles. The van der Waals surface area contributed by atoms with E-state index < -0.39 is 5.60 Å². The number of amides is 1. The Morgan fingerprint density at radius 2 is 1.89 bits per heavy atom. The van der Waals surface area contributed by atoms with Crippen LogP contribution in [0.1, 0.15) is 32.6 Å². The molecule has 2 heterocycles. The van der Waals surface area contributed by atoms with Crippen molar-refractivity contribution >= 4 is 36.0 Å². The quantitative estimate of drug-likeness (QED) is 0.394. The smallest absolute Gasteiger partial charge is 0.410 e. The van der Waals surface area contributed by atoms with Gasteiger partial charge in [0.2, 0.25) is 0 Å². The number of ether oxygens (including phenoxy) is 1. The minimum absolute atomic E-state index is 0. The molecule has 9 heteroatoms. The van der Waals surface area contributed by atoms with E-state index in [9.17, 15) is 4.79 Å². The first-order chi connectivity index (χ1) is 12.2. The van der Waals surface area contributed by atoms with Crippen LogP contribution in [0, 0.1) is 0 Å². The van der Waals surface area contributed by atoms with E-state index in [0.717, 1.165) is 5.76 Å². The van der Waals surface area contributed by atoms with Gasteiger partial charge in [0.15, 0.2) is 5.96 Å². The number of likely N-dealkylation sites (N-methyl/N-ethyl adjacent to an activating group) is 1. The van der Waals surface area contributed by atoms with Crippen molar-refractivity contribution in [3.05, 3.63) is 24.2 Å². The predicted molar refractivity (Wildman–Crippen MR) is 116 cm³/mol. The molecular formula is C18H32IN5O3. The van der Waals surface area contributed by atoms with Crippen molar-refractivity contribution in [3.8, 4) is 0 Å². The van der Waals surface area contributed by atoms with E-state index in [1.165, 1.54) is 0 Å². The third-order valence-corrected chi connectivity index (χ3v) is 4.18. The third-order valence-electron chi connectivity index (χ3n) is 4.18. The topological polar surface area (TPSA) is 87.5 Å². The van der Waals surface area contributed by atoms with Gasteiger partial charge in [0.25, 0.3) is 0 Å². The monoisotopic (exact) mass is 493 g/mol. The molecular weight excluding hydrogens is 461 g/mol. The molecule has 0 aromatic carbocycles. The average Bonchev–Trinajstić information content (AvgIpc) is 3.07. The van der Waals surface area contributed by atoms with Gasteiger partial charge in [0.1, 0.15) is 11.4 Å². The summed E-state index contributed by atoms with van der Waals surface area (Å²) in [5.41, 5.74) is 5.68. The van der Waals surface area contributed by atoms with Gasteiger partial charge in [-0.2, -0.15) is 0 Å². The summed E-state index contributed by atoms with van der Waals surface area (Å²) < 4.78 is 10.9. The van der Waals surface area contributed by atoms with Crippen molar-refractivity contribution in [1.82, 2.24) is 14.7 Å². The highest BCUT2D eigenvalue weighted by atomic mass is 127. The number of hydrogen-bond donors (Lipinski definition) is 1. The number of guanidine groups is 1. The van der Waals surface area contributed by atoms with Crippen LogP contribution in [0.4, 0.5) is 4.79 Å². The minimum Gasteiger partial charge on any atom is -0.468 e. The summed E-state index contributed by atoms with van der Waals surface area (Å²) in [4.78, 5) is 22.4. The molecule has 2 rings (SSSR count). The maximum Gasteiger partial charge on any atom is 0.410 e. The number of piperazine rings is 1. The summed E-state index contributed by atoms with van der Waals surface area (Å²) >= 11 is 0. The van der Waals surface area contributed by atoms with Crippen LogP contribution < -0.4 is 5.73 Å². The summed E-state index contributed by atoms with van der Waals surface area (Å²) in [7, 11) is 3.97. The number of aliphatic imine (C=N–C) groups is 1. The molecule has 1 unspecified atom stereocenters. The number of rotatable bonds is 4. The lowest BCUT2D eigenvalue weighted by atomic mass is 10.2. The van der Waals surface area contributed by atoms with Crippen LogP contribution in [0.25, 0.3) is 0 Å². The molecule has 1 amide bonds. The van der Waals surface area contributed by atoms with Crippen LogP contribution in [0.3, 0.4) is 0 Å². The molecule has 1 fully saturated rings. The third kappa shape index (κ3) is 7.21. The van der Waals surface area contributed by atoms with Gasteiger partial charge < -0.3 is 24.7 Å². The normalized spacial score (nSPS) is 16.9. The van der Waals surface area contributed by atoms with Gasteiger partial charge in [-0.15, -0.1) is 24.0 Å². The lowest BCUT2D eigenvalue weighted by molar-refractivity contribution is 0.0186. The first kappa shape index (κ1) is 23.5. The molecule has 1 saturated heterocycles. The largest absolute Gasteiger partial charge is 0.468 e. The lowest BCUT2D eigenvalue weighted by Crippen LogP contribution is -2.53. The van der Waals surface area contributed by atoms with E-state index >= 15 is 0 Å². The molecule has 0 spiro atoms. The Balaban J connectivity index is 0.00000364. The first-order valence-corrected chi connectivity index (χ1v) is 8.90. The highest BCUT2D eigenvalue weighted by molar-refractivity contribution is 14.0. The summed E-state index contributed by atoms with van der Waals surface area (Å²) in [5.74, 6) is 1.36. The van der Waals surface area contributed by atoms with Crippen molar-refractivity contribution in [3.63, 3.8) is 0 Å². The molecule has 27 heavy (non-hydrogen) atoms. The molecule has 1 atom stereocenters. The fraction of sp³-hybridized carbons (Fsp3) is 0.667. The van der Waals surface area contributed by atoms with E-state index in [1.807, 2.05) is 51.9 Å². The van der Waals surface area contributed by atoms with E-state index in [0.29, 0.717) is 38.7 Å². The number of carbonyl (C=O) groups is 1. The fourth-order valence-electron chi connectivity index (χ4n) is 2.71. The van der Waals surface area contributed by atoms with Crippen molar-refractivity contribution in [2.75, 3.05) is 46.8 Å². The summed E-state index contributed by atoms with van der Waals surface area (Å²) in [5, 5.41) is 0. The Morgan fingerprint density at radius 3 is 2.37 bits per heavy atom. The van der Waals surface area contributed by atoms with Crippen molar-refractivity contribution in [2.24, 2.45) is 10.7 Å². The molecule has 8 nitrogen and oxygen atoms in total. The Bertz CT molecular complexity index is 605. The average molecular weight is 493 g/mol. The van der Waals surface area contributed by atoms with Gasteiger partial charge in [0, 0.05) is 26.2 Å². The van der Waals surface area contributed by atoms with Gasteiger partial charge in [-0.1, -0.05) is 0 Å². The van der Waals surface area contributed by atoms with Crippen LogP contribution in [0.2, 0.25) is 0 Å². The van der Waals surface area contributed by atoms with Gasteiger partial charge in [-0.05, 0) is 47.0 Å². The number of halogens is 1. The van der Waals surface area contributed by atoms with Gasteiger partial charge in [-0.25, -0.2) is 4.79 Å². The van der Waals surface area contributed by atoms with Crippen LogP contribution >= 0.6 is 24.0 Å². The Labute approximate surface area is 178 Å². The second-order valence-electron chi connectivity index (χ2n) is 7.65. The lowest BCUT2D eigenvalue weighted by Gasteiger charge is -2.36. The number of furan rings is 1. The molecule has 0 bridgehead atoms. The standard InChI is InChI=1S/C18H31N5O3.HI/c1-18(2,3)26-17(24)23-10-8-22(9-11-23)16(19)20-13-14(21(4)5)15-7-6-12-25-15;/h6-7,12,14H,8-11,13H2,1-5H3,(H2,19,20);1H. The second kappa shape index (κ2) is 10.2. The number of carbonyl (C=O) groups excluding carboxylic acids is 1. The van der Waals surface area contributed by atoms with Crippen LogP contribution in [-0.4, -0.2) is 79.2 Å². The maximum atomic E-state index is 12.1. The van der Waals surface area contributed by atoms with Crippen molar-refractivity contribution in [1.29, 1.82) is 0 Å². The maximum absolute atomic E-state index is 12.1. The predicted octanol–water partition coefficient (Wildman–Crippen LogP) is 2.37. The molecule has 0 aliphatic carbocycles. The first-order valence-electron chi connectivity index (χ1n) is 8.90. The molecule has 0 saturated carbocycles. The molecule has 1 aliphatic rings. The molecule has 2 N–H and O–H groups in total. The molecule has 154 valence electrons. The van der Waals surface area contributed by atoms with Crippen LogP contribution in [0.5, 0.6) is 0 Å². The zero-order chi connectivity index (χ0) is 19.3. The molecule has 0 radical (unpaired) electrons. The number of nitrogens with zero attached hydrogens (tertiary/aromatic N) is 4. The van der Waals surface area contributed by atoms with Crippen molar-refractivity contribution < 1.29 is 13.9 Å². The summed E-state index contributed by atoms with van der Waals surface area (Å²) in [6.45, 7) is 8.54. The van der Waals surface area contributed by atoms with Gasteiger partial charge in [-0.3, -0.25) is 9.89 Å². The number of hydrogen-bond acceptors (Lipinski definition) is 5. The number of nitrogens with two attached hydrogens (primary N) is 1. The molecule has 1 aromatic rings. The van der Waals surface area contributed by atoms with Crippen molar-refractivity contribution in [2.45, 2.75) is 32.4 Å². The Hall–Kier alpha value is -1.49. The summed E-state index contributed by atoms with van der Waals surface area (Å²) in [6.07, 6.45) is 1.38. The Morgan fingerprint density at radius 1 is 1.30 bits per heavy atom. The Kier molecular flexibility index (Phi) is 8.86. The van der Waals surface area contributed by atoms with E-state index in [4.69, 9.17) is 14.9 Å². The van der Waals surface area contributed by atoms with E-state index in [1.54, 1.807) is 11.2 Å². The molecule has 1 aliphatic heterocycles. The highest BCUT2D eigenvalue weighted by Gasteiger charge is 2.26. The van der Waals surface area contributed by atoms with Gasteiger partial charge in [0.05, 0.1) is 18.8 Å². The fourth-order valence-corrected chi connectivity index (χ4v) is 2.71. The zero-order valence-corrected chi connectivity index (χ0v) is 19.2. The second-order valence-corrected chi connectivity index (χ2v) is 7.65. The van der Waals surface area contributed by atoms with E-state index in [2.05, 4.69) is 9.89 Å². The van der Waals surface area contributed by atoms with Gasteiger partial charge >= 0.3 is 6.09 Å². The van der Waals surface area contributed by atoms with Crippen LogP contribution in [-0.2, 0) is 4.74 Å². The van der Waals surface area contributed by atoms with E-state index in [-0.39, 0.29) is 36.1 Å². The minimum atomic E-state index is -0.484. The SMILES string of the molecule is CN(C)C(CN=C(N)N1CCN(C(=O)OC(C)(C)C)CC1)c1ccco1.I.